The first-order valence-electron chi connectivity index (χ1n) is 6.35. The monoisotopic (exact) mass is 267 g/mol. The third-order valence-corrected chi connectivity index (χ3v) is 3.52. The van der Waals surface area contributed by atoms with Crippen LogP contribution < -0.4 is 10.6 Å². The van der Waals surface area contributed by atoms with E-state index in [2.05, 4.69) is 22.5 Å². The number of hydrogen-bond donors (Lipinski definition) is 2. The van der Waals surface area contributed by atoms with E-state index in [1.807, 2.05) is 0 Å². The molecule has 2 heterocycles. The Morgan fingerprint density at radius 3 is 3.06 bits per heavy atom. The highest BCUT2D eigenvalue weighted by atomic mass is 35.5. The number of pyridine rings is 1. The van der Waals surface area contributed by atoms with Crippen molar-refractivity contribution in [3.8, 4) is 0 Å². The number of carbonyl (C=O) groups is 1. The number of hydrogen-bond acceptors (Lipinski definition) is 3. The van der Waals surface area contributed by atoms with Crippen LogP contribution in [0.5, 0.6) is 0 Å². The first-order chi connectivity index (χ1) is 8.66. The molecule has 0 aliphatic carbocycles. The molecule has 1 unspecified atom stereocenters. The van der Waals surface area contributed by atoms with Crippen molar-refractivity contribution in [3.05, 3.63) is 23.4 Å². The zero-order valence-corrected chi connectivity index (χ0v) is 11.3. The van der Waals surface area contributed by atoms with Gasteiger partial charge >= 0.3 is 0 Å². The number of halogens is 1. The third-order valence-electron chi connectivity index (χ3n) is 3.31. The molecule has 1 fully saturated rings. The quantitative estimate of drug-likeness (QED) is 0.825. The summed E-state index contributed by atoms with van der Waals surface area (Å²) in [6, 6.07) is 5.21. The molecule has 1 aromatic heterocycles. The maximum Gasteiger partial charge on any atom is 0.245 e. The Bertz CT molecular complexity index is 430. The molecule has 2 rings (SSSR count). The highest BCUT2D eigenvalue weighted by molar-refractivity contribution is 6.29. The number of amides is 1. The van der Waals surface area contributed by atoms with Crippen molar-refractivity contribution in [3.63, 3.8) is 0 Å². The third kappa shape index (κ3) is 2.82. The van der Waals surface area contributed by atoms with Crippen LogP contribution in [0.2, 0.25) is 5.15 Å². The van der Waals surface area contributed by atoms with Gasteiger partial charge in [0.25, 0.3) is 0 Å². The lowest BCUT2D eigenvalue weighted by Crippen LogP contribution is -2.50. The smallest absolute Gasteiger partial charge is 0.245 e. The molecule has 0 spiro atoms. The lowest BCUT2D eigenvalue weighted by Gasteiger charge is -2.27. The van der Waals surface area contributed by atoms with Gasteiger partial charge in [-0.2, -0.15) is 0 Å². The van der Waals surface area contributed by atoms with E-state index >= 15 is 0 Å². The van der Waals surface area contributed by atoms with Crippen molar-refractivity contribution < 1.29 is 4.79 Å². The van der Waals surface area contributed by atoms with E-state index in [0.29, 0.717) is 11.0 Å². The topological polar surface area (TPSA) is 54.0 Å². The summed E-state index contributed by atoms with van der Waals surface area (Å²) in [7, 11) is 0. The Morgan fingerprint density at radius 2 is 2.44 bits per heavy atom. The second-order valence-corrected chi connectivity index (χ2v) is 5.05. The molecule has 1 amide bonds. The van der Waals surface area contributed by atoms with E-state index in [9.17, 15) is 4.79 Å². The summed E-state index contributed by atoms with van der Waals surface area (Å²) in [5, 5.41) is 6.57. The molecule has 18 heavy (non-hydrogen) atoms. The predicted molar refractivity (Wildman–Crippen MR) is 72.8 cm³/mol. The predicted octanol–water partition coefficient (Wildman–Crippen LogP) is 2.60. The van der Waals surface area contributed by atoms with Crippen molar-refractivity contribution >= 4 is 23.3 Å². The minimum absolute atomic E-state index is 0.00313. The largest absolute Gasteiger partial charge is 0.309 e. The Balaban J connectivity index is 2.10. The van der Waals surface area contributed by atoms with E-state index in [4.69, 9.17) is 11.6 Å². The van der Waals surface area contributed by atoms with E-state index in [-0.39, 0.29) is 5.91 Å². The normalized spacial score (nSPS) is 23.0. The SMILES string of the molecule is CCCC1(C(=O)Nc2cccc(Cl)n2)CCCN1. The molecule has 1 aromatic rings. The van der Waals surface area contributed by atoms with Gasteiger partial charge in [-0.1, -0.05) is 31.0 Å². The molecule has 1 atom stereocenters. The van der Waals surface area contributed by atoms with E-state index in [1.54, 1.807) is 18.2 Å². The van der Waals surface area contributed by atoms with Gasteiger partial charge in [0.15, 0.2) is 0 Å². The van der Waals surface area contributed by atoms with Crippen molar-refractivity contribution in [2.24, 2.45) is 0 Å². The highest BCUT2D eigenvalue weighted by Crippen LogP contribution is 2.26. The molecule has 98 valence electrons. The van der Waals surface area contributed by atoms with Crippen molar-refractivity contribution in [1.29, 1.82) is 0 Å². The molecule has 1 aliphatic heterocycles. The van der Waals surface area contributed by atoms with E-state index < -0.39 is 5.54 Å². The first-order valence-corrected chi connectivity index (χ1v) is 6.73. The van der Waals surface area contributed by atoms with Crippen LogP contribution in [0.4, 0.5) is 5.82 Å². The maximum absolute atomic E-state index is 12.4. The molecular formula is C13H18ClN3O. The van der Waals surface area contributed by atoms with Gasteiger partial charge in [0.2, 0.25) is 5.91 Å². The molecule has 1 saturated heterocycles. The number of aromatic nitrogens is 1. The fourth-order valence-corrected chi connectivity index (χ4v) is 2.63. The fourth-order valence-electron chi connectivity index (χ4n) is 2.47. The van der Waals surface area contributed by atoms with Crippen LogP contribution in [-0.4, -0.2) is 23.0 Å². The molecule has 5 heteroatoms. The molecule has 0 bridgehead atoms. The second-order valence-electron chi connectivity index (χ2n) is 4.66. The van der Waals surface area contributed by atoms with Gasteiger partial charge < -0.3 is 10.6 Å². The van der Waals surface area contributed by atoms with Gasteiger partial charge in [-0.15, -0.1) is 0 Å². The molecule has 0 radical (unpaired) electrons. The average molecular weight is 268 g/mol. The van der Waals surface area contributed by atoms with E-state index in [0.717, 1.165) is 32.2 Å². The Kier molecular flexibility index (Phi) is 4.19. The molecule has 2 N–H and O–H groups in total. The number of nitrogens with zero attached hydrogens (tertiary/aromatic N) is 1. The molecule has 4 nitrogen and oxygen atoms in total. The zero-order chi connectivity index (χ0) is 13.0. The maximum atomic E-state index is 12.4. The van der Waals surface area contributed by atoms with Crippen molar-refractivity contribution in [1.82, 2.24) is 10.3 Å². The number of anilines is 1. The van der Waals surface area contributed by atoms with E-state index in [1.165, 1.54) is 0 Å². The summed E-state index contributed by atoms with van der Waals surface area (Å²) >= 11 is 5.81. The zero-order valence-electron chi connectivity index (χ0n) is 10.5. The molecule has 0 saturated carbocycles. The van der Waals surface area contributed by atoms with Gasteiger partial charge in [0, 0.05) is 0 Å². The second kappa shape index (κ2) is 5.67. The van der Waals surface area contributed by atoms with Crippen molar-refractivity contribution in [2.75, 3.05) is 11.9 Å². The lowest BCUT2D eigenvalue weighted by molar-refractivity contribution is -0.122. The molecule has 0 aromatic carbocycles. The summed E-state index contributed by atoms with van der Waals surface area (Å²) < 4.78 is 0. The Morgan fingerprint density at radius 1 is 1.61 bits per heavy atom. The average Bonchev–Trinajstić information content (AvgIpc) is 2.79. The highest BCUT2D eigenvalue weighted by Gasteiger charge is 2.39. The first kappa shape index (κ1) is 13.3. The molecular weight excluding hydrogens is 250 g/mol. The Hall–Kier alpha value is -1.13. The van der Waals surface area contributed by atoms with Gasteiger partial charge in [-0.3, -0.25) is 4.79 Å². The van der Waals surface area contributed by atoms with Gasteiger partial charge in [-0.25, -0.2) is 4.98 Å². The van der Waals surface area contributed by atoms with Crippen LogP contribution in [-0.2, 0) is 4.79 Å². The van der Waals surface area contributed by atoms with Crippen LogP contribution in [0, 0.1) is 0 Å². The number of nitrogens with one attached hydrogen (secondary N) is 2. The minimum Gasteiger partial charge on any atom is -0.309 e. The van der Waals surface area contributed by atoms with Crippen molar-refractivity contribution in [2.45, 2.75) is 38.1 Å². The van der Waals surface area contributed by atoms with Gasteiger partial charge in [-0.05, 0) is 37.9 Å². The lowest BCUT2D eigenvalue weighted by atomic mass is 9.91. The summed E-state index contributed by atoms with van der Waals surface area (Å²) in [6.45, 7) is 2.99. The van der Waals surface area contributed by atoms with Crippen LogP contribution in [0.1, 0.15) is 32.6 Å². The molecule has 1 aliphatic rings. The van der Waals surface area contributed by atoms with Gasteiger partial charge in [0.05, 0.1) is 5.54 Å². The number of carbonyl (C=O) groups excluding carboxylic acids is 1. The van der Waals surface area contributed by atoms with Crippen LogP contribution in [0.3, 0.4) is 0 Å². The van der Waals surface area contributed by atoms with Crippen LogP contribution in [0.25, 0.3) is 0 Å². The minimum atomic E-state index is -0.432. The Labute approximate surface area is 112 Å². The standard InChI is InChI=1S/C13H18ClN3O/c1-2-7-13(8-4-9-15-13)12(18)17-11-6-3-5-10(14)16-11/h3,5-6,15H,2,4,7-9H2,1H3,(H,16,17,18). The van der Waals surface area contributed by atoms with Gasteiger partial charge in [0.1, 0.15) is 11.0 Å². The number of rotatable bonds is 4. The van der Waals surface area contributed by atoms with Crippen LogP contribution in [0.15, 0.2) is 18.2 Å². The van der Waals surface area contributed by atoms with Crippen LogP contribution >= 0.6 is 11.6 Å². The summed E-state index contributed by atoms with van der Waals surface area (Å²) in [5.41, 5.74) is -0.432. The fraction of sp³-hybridized carbons (Fsp3) is 0.538. The summed E-state index contributed by atoms with van der Waals surface area (Å²) in [4.78, 5) is 16.5. The summed E-state index contributed by atoms with van der Waals surface area (Å²) in [6.07, 6.45) is 3.74. The summed E-state index contributed by atoms with van der Waals surface area (Å²) in [5.74, 6) is 0.508.